The fourth-order valence-electron chi connectivity index (χ4n) is 1.87. The summed E-state index contributed by atoms with van der Waals surface area (Å²) < 4.78 is 1.16. The van der Waals surface area contributed by atoms with Gasteiger partial charge in [-0.25, -0.2) is 0 Å². The molecule has 0 bridgehead atoms. The molecule has 2 N–H and O–H groups in total. The average molecular weight is 301 g/mol. The van der Waals surface area contributed by atoms with Gasteiger partial charge in [-0.2, -0.15) is 0 Å². The third-order valence-electron chi connectivity index (χ3n) is 2.72. The second-order valence-electron chi connectivity index (χ2n) is 4.04. The van der Waals surface area contributed by atoms with Crippen LogP contribution in [0, 0.1) is 0 Å². The van der Waals surface area contributed by atoms with E-state index in [0.29, 0.717) is 6.04 Å². The normalized spacial score (nSPS) is 19.0. The van der Waals surface area contributed by atoms with Gasteiger partial charge in [-0.3, -0.25) is 0 Å². The zero-order chi connectivity index (χ0) is 11.4. The number of fused-ring (bicyclic) bond motifs is 1. The van der Waals surface area contributed by atoms with E-state index in [1.807, 2.05) is 18.8 Å². The first kappa shape index (κ1) is 12.3. The summed E-state index contributed by atoms with van der Waals surface area (Å²) in [6.45, 7) is 1.11. The predicted molar refractivity (Wildman–Crippen MR) is 75.4 cm³/mol. The maximum Gasteiger partial charge on any atom is 0.0481 e. The molecule has 4 heteroatoms. The monoisotopic (exact) mass is 300 g/mol. The minimum atomic E-state index is 0.618. The van der Waals surface area contributed by atoms with Gasteiger partial charge in [0.05, 0.1) is 0 Å². The highest BCUT2D eigenvalue weighted by Crippen LogP contribution is 2.35. The molecule has 0 aromatic heterocycles. The van der Waals surface area contributed by atoms with Crippen molar-refractivity contribution < 1.29 is 0 Å². The first-order chi connectivity index (χ1) is 7.79. The van der Waals surface area contributed by atoms with Gasteiger partial charge in [-0.1, -0.05) is 15.9 Å². The smallest absolute Gasteiger partial charge is 0.0481 e. The van der Waals surface area contributed by atoms with Crippen LogP contribution in [0.4, 0.5) is 5.69 Å². The highest BCUT2D eigenvalue weighted by Gasteiger charge is 2.17. The number of rotatable bonds is 4. The van der Waals surface area contributed by atoms with E-state index in [1.165, 1.54) is 29.2 Å². The van der Waals surface area contributed by atoms with E-state index < -0.39 is 0 Å². The van der Waals surface area contributed by atoms with Crippen molar-refractivity contribution in [2.75, 3.05) is 24.7 Å². The van der Waals surface area contributed by atoms with Crippen LogP contribution in [0.2, 0.25) is 0 Å². The summed E-state index contributed by atoms with van der Waals surface area (Å²) in [4.78, 5) is 1.36. The highest BCUT2D eigenvalue weighted by molar-refractivity contribution is 9.10. The maximum absolute atomic E-state index is 3.61. The molecule has 1 aliphatic heterocycles. The van der Waals surface area contributed by atoms with Crippen LogP contribution in [0.1, 0.15) is 12.8 Å². The second-order valence-corrected chi connectivity index (χ2v) is 6.02. The Morgan fingerprint density at radius 3 is 3.25 bits per heavy atom. The fraction of sp³-hybridized carbons (Fsp3) is 0.500. The lowest BCUT2D eigenvalue weighted by Gasteiger charge is -2.26. The van der Waals surface area contributed by atoms with Gasteiger partial charge in [0, 0.05) is 26.9 Å². The third-order valence-corrected chi connectivity index (χ3v) is 4.43. The first-order valence-electron chi connectivity index (χ1n) is 5.63. The van der Waals surface area contributed by atoms with Crippen LogP contribution in [0.15, 0.2) is 27.6 Å². The summed E-state index contributed by atoms with van der Waals surface area (Å²) in [7, 11) is 2.01. The molecule has 88 valence electrons. The second kappa shape index (κ2) is 5.94. The van der Waals surface area contributed by atoms with Crippen molar-refractivity contribution in [3.05, 3.63) is 22.7 Å². The van der Waals surface area contributed by atoms with Crippen molar-refractivity contribution in [2.45, 2.75) is 23.8 Å². The predicted octanol–water partition coefficient (Wildman–Crippen LogP) is 3.33. The number of hydrogen-bond acceptors (Lipinski definition) is 3. The zero-order valence-electron chi connectivity index (χ0n) is 9.42. The van der Waals surface area contributed by atoms with Crippen molar-refractivity contribution in [3.63, 3.8) is 0 Å². The first-order valence-corrected chi connectivity index (χ1v) is 7.41. The van der Waals surface area contributed by atoms with E-state index in [9.17, 15) is 0 Å². The van der Waals surface area contributed by atoms with Crippen molar-refractivity contribution in [2.24, 2.45) is 0 Å². The number of halogens is 1. The lowest BCUT2D eigenvalue weighted by atomic mass is 10.1. The van der Waals surface area contributed by atoms with E-state index >= 15 is 0 Å². The van der Waals surface area contributed by atoms with Crippen molar-refractivity contribution in [1.29, 1.82) is 0 Å². The Morgan fingerprint density at radius 2 is 2.44 bits per heavy atom. The zero-order valence-corrected chi connectivity index (χ0v) is 11.8. The van der Waals surface area contributed by atoms with Crippen molar-refractivity contribution in [1.82, 2.24) is 5.32 Å². The van der Waals surface area contributed by atoms with Gasteiger partial charge in [-0.05, 0) is 44.6 Å². The highest BCUT2D eigenvalue weighted by atomic mass is 79.9. The van der Waals surface area contributed by atoms with Crippen LogP contribution in [0.25, 0.3) is 0 Å². The van der Waals surface area contributed by atoms with Crippen molar-refractivity contribution >= 4 is 33.4 Å². The fourth-order valence-corrected chi connectivity index (χ4v) is 3.50. The molecule has 2 nitrogen and oxygen atoms in total. The molecule has 1 aromatic rings. The van der Waals surface area contributed by atoms with Crippen LogP contribution in [0.5, 0.6) is 0 Å². The van der Waals surface area contributed by atoms with E-state index in [2.05, 4.69) is 44.8 Å². The Hall–Kier alpha value is -0.190. The number of nitrogens with one attached hydrogen (secondary N) is 2. The minimum absolute atomic E-state index is 0.618. The molecule has 0 spiro atoms. The molecule has 0 saturated heterocycles. The standard InChI is InChI=1S/C12H17BrN2S/c1-14-6-2-3-10-8-16-12-7-9(13)4-5-11(12)15-10/h4-5,7,10,14-15H,2-3,6,8H2,1H3. The van der Waals surface area contributed by atoms with E-state index in [0.717, 1.165) is 11.0 Å². The van der Waals surface area contributed by atoms with Crippen LogP contribution in [0.3, 0.4) is 0 Å². The number of benzene rings is 1. The summed E-state index contributed by atoms with van der Waals surface area (Å²) in [5, 5.41) is 6.81. The Morgan fingerprint density at radius 1 is 1.56 bits per heavy atom. The van der Waals surface area contributed by atoms with Crippen LogP contribution in [-0.2, 0) is 0 Å². The van der Waals surface area contributed by atoms with E-state index in [-0.39, 0.29) is 0 Å². The molecule has 0 radical (unpaired) electrons. The molecule has 1 aliphatic rings. The number of thioether (sulfide) groups is 1. The molecule has 1 unspecified atom stereocenters. The summed E-state index contributed by atoms with van der Waals surface area (Å²) in [5.74, 6) is 1.17. The lowest BCUT2D eigenvalue weighted by molar-refractivity contribution is 0.626. The van der Waals surface area contributed by atoms with Gasteiger partial charge in [0.25, 0.3) is 0 Å². The maximum atomic E-state index is 3.61. The average Bonchev–Trinajstić information content (AvgIpc) is 2.29. The van der Waals surface area contributed by atoms with Crippen LogP contribution >= 0.6 is 27.7 Å². The van der Waals surface area contributed by atoms with Gasteiger partial charge in [0.15, 0.2) is 0 Å². The Bertz CT molecular complexity index is 357. The summed E-state index contributed by atoms with van der Waals surface area (Å²) in [6, 6.07) is 7.07. The SMILES string of the molecule is CNCCCC1CSc2cc(Br)ccc2N1. The van der Waals surface area contributed by atoms with Crippen molar-refractivity contribution in [3.8, 4) is 0 Å². The molecule has 1 aromatic carbocycles. The molecule has 0 saturated carbocycles. The number of hydrogen-bond donors (Lipinski definition) is 2. The molecule has 0 fully saturated rings. The molecule has 1 heterocycles. The molecular weight excluding hydrogens is 284 g/mol. The summed E-state index contributed by atoms with van der Waals surface area (Å²) in [6.07, 6.45) is 2.48. The molecule has 0 amide bonds. The van der Waals surface area contributed by atoms with E-state index in [4.69, 9.17) is 0 Å². The quantitative estimate of drug-likeness (QED) is 0.834. The largest absolute Gasteiger partial charge is 0.381 e. The van der Waals surface area contributed by atoms with Crippen LogP contribution in [-0.4, -0.2) is 25.4 Å². The molecule has 1 atom stereocenters. The molecule has 0 aliphatic carbocycles. The Balaban J connectivity index is 1.93. The lowest BCUT2D eigenvalue weighted by Crippen LogP contribution is -2.26. The van der Waals surface area contributed by atoms with Gasteiger partial charge in [0.2, 0.25) is 0 Å². The molecular formula is C12H17BrN2S. The topological polar surface area (TPSA) is 24.1 Å². The van der Waals surface area contributed by atoms with Gasteiger partial charge < -0.3 is 10.6 Å². The summed E-state index contributed by atoms with van der Waals surface area (Å²) >= 11 is 5.46. The van der Waals surface area contributed by atoms with Gasteiger partial charge in [0.1, 0.15) is 0 Å². The van der Waals surface area contributed by atoms with Gasteiger partial charge in [-0.15, -0.1) is 11.8 Å². The minimum Gasteiger partial charge on any atom is -0.381 e. The van der Waals surface area contributed by atoms with Gasteiger partial charge >= 0.3 is 0 Å². The number of anilines is 1. The Labute approximate surface area is 110 Å². The van der Waals surface area contributed by atoms with E-state index in [1.54, 1.807) is 0 Å². The molecule has 16 heavy (non-hydrogen) atoms. The van der Waals surface area contributed by atoms with Crippen LogP contribution < -0.4 is 10.6 Å². The summed E-state index contributed by atoms with van der Waals surface area (Å²) in [5.41, 5.74) is 1.29. The molecule has 2 rings (SSSR count). The third kappa shape index (κ3) is 3.15. The Kier molecular flexibility index (Phi) is 4.55.